The minimum absolute atomic E-state index is 0.0833. The largest absolute Gasteiger partial charge is 0.458 e. The first-order valence-electron chi connectivity index (χ1n) is 18.2. The number of ether oxygens (including phenoxy) is 3. The first-order valence-corrected chi connectivity index (χ1v) is 19.3. The minimum Gasteiger partial charge on any atom is -0.458 e. The van der Waals surface area contributed by atoms with Crippen LogP contribution >= 0.6 is 34.8 Å². The number of rotatable bonds is 9. The zero-order valence-corrected chi connectivity index (χ0v) is 35.2. The van der Waals surface area contributed by atoms with Crippen molar-refractivity contribution in [2.24, 2.45) is 0 Å². The van der Waals surface area contributed by atoms with Crippen LogP contribution in [0.1, 0.15) is 73.0 Å². The van der Waals surface area contributed by atoms with Crippen molar-refractivity contribution in [1.29, 1.82) is 0 Å². The summed E-state index contributed by atoms with van der Waals surface area (Å²) in [5, 5.41) is 1.59. The SMILES string of the molecule is CC(C)OC(=O)c1cccc(-c2ccc(Cl)c(Cl)c2)n1.CC(C)OC(=O)c1cccc(-c2ccc(Cl)cc2)n1.CC(C)OC(=O)c1cccc(-c2ccc(F)cc2F)n1. The average Bonchev–Trinajstić information content (AvgIpc) is 3.19. The van der Waals surface area contributed by atoms with Gasteiger partial charge in [0.1, 0.15) is 28.7 Å². The Bertz CT molecular complexity index is 2390. The lowest BCUT2D eigenvalue weighted by atomic mass is 10.1. The molecule has 3 heterocycles. The van der Waals surface area contributed by atoms with E-state index >= 15 is 0 Å². The number of halogens is 5. The van der Waals surface area contributed by atoms with E-state index in [4.69, 9.17) is 49.0 Å². The Morgan fingerprint density at radius 2 is 0.915 bits per heavy atom. The molecule has 0 saturated heterocycles. The van der Waals surface area contributed by atoms with Crippen LogP contribution in [0.2, 0.25) is 15.1 Å². The molecule has 6 aromatic rings. The number of nitrogens with zero attached hydrogens (tertiary/aromatic N) is 3. The number of pyridine rings is 3. The van der Waals surface area contributed by atoms with Crippen LogP contribution in [0.15, 0.2) is 115 Å². The van der Waals surface area contributed by atoms with Crippen molar-refractivity contribution < 1.29 is 37.4 Å². The molecule has 0 unspecified atom stereocenters. The monoisotopic (exact) mass is 861 g/mol. The van der Waals surface area contributed by atoms with E-state index in [2.05, 4.69) is 15.0 Å². The Hall–Kier alpha value is -5.75. The van der Waals surface area contributed by atoms with Crippen molar-refractivity contribution in [1.82, 2.24) is 15.0 Å². The second-order valence-corrected chi connectivity index (χ2v) is 14.6. The highest BCUT2D eigenvalue weighted by molar-refractivity contribution is 6.42. The fraction of sp³-hybridized carbons (Fsp3) is 0.200. The van der Waals surface area contributed by atoms with Crippen LogP contribution in [0.3, 0.4) is 0 Å². The molecule has 59 heavy (non-hydrogen) atoms. The molecule has 3 aromatic carbocycles. The average molecular weight is 863 g/mol. The fourth-order valence-corrected chi connectivity index (χ4v) is 5.34. The second-order valence-electron chi connectivity index (χ2n) is 13.3. The van der Waals surface area contributed by atoms with Crippen LogP contribution in [0.5, 0.6) is 0 Å². The molecule has 0 aliphatic carbocycles. The highest BCUT2D eigenvalue weighted by atomic mass is 35.5. The Morgan fingerprint density at radius 1 is 0.492 bits per heavy atom. The molecule has 0 amide bonds. The molecular weight excluding hydrogens is 823 g/mol. The lowest BCUT2D eigenvalue weighted by Crippen LogP contribution is -2.13. The number of benzene rings is 3. The summed E-state index contributed by atoms with van der Waals surface area (Å²) in [4.78, 5) is 48.0. The summed E-state index contributed by atoms with van der Waals surface area (Å²) in [6, 6.07) is 30.7. The van der Waals surface area contributed by atoms with Gasteiger partial charge in [0.15, 0.2) is 0 Å². The predicted molar refractivity (Wildman–Crippen MR) is 226 cm³/mol. The van der Waals surface area contributed by atoms with Gasteiger partial charge < -0.3 is 14.2 Å². The molecule has 0 aliphatic rings. The van der Waals surface area contributed by atoms with Crippen LogP contribution in [-0.4, -0.2) is 51.2 Å². The summed E-state index contributed by atoms with van der Waals surface area (Å²) in [5.41, 5.74) is 4.09. The molecule has 0 aliphatic heterocycles. The zero-order valence-electron chi connectivity index (χ0n) is 32.9. The van der Waals surface area contributed by atoms with Crippen LogP contribution in [-0.2, 0) is 14.2 Å². The van der Waals surface area contributed by atoms with E-state index in [-0.39, 0.29) is 41.0 Å². The first-order chi connectivity index (χ1) is 28.0. The molecule has 3 aromatic heterocycles. The lowest BCUT2D eigenvalue weighted by molar-refractivity contribution is 0.0360. The zero-order chi connectivity index (χ0) is 43.2. The fourth-order valence-electron chi connectivity index (χ4n) is 4.91. The molecule has 306 valence electrons. The van der Waals surface area contributed by atoms with Crippen LogP contribution in [0.4, 0.5) is 8.78 Å². The number of carbonyl (C=O) groups is 3. The van der Waals surface area contributed by atoms with Gasteiger partial charge in [-0.15, -0.1) is 0 Å². The maximum atomic E-state index is 13.7. The van der Waals surface area contributed by atoms with E-state index < -0.39 is 29.5 Å². The number of hydrogen-bond donors (Lipinski definition) is 0. The van der Waals surface area contributed by atoms with E-state index in [0.717, 1.165) is 29.0 Å². The Labute approximate surface area is 356 Å². The quantitative estimate of drug-likeness (QED) is 0.103. The standard InChI is InChI=1S/C15H13Cl2NO2.C15H14ClNO2.C15H13F2NO2/c1-9(2)20-15(19)14-5-3-4-13(18-14)10-6-7-11(16)12(17)8-10;1-10(2)19-15(18)14-5-3-4-13(17-14)11-6-8-12(16)9-7-11;1-9(2)20-15(19)14-5-3-4-13(18-14)11-7-6-10(16)8-12(11)17/h3-9H,1-2H3;3-10H,1-2H3;3-9H,1-2H3. The topological polar surface area (TPSA) is 118 Å². The van der Waals surface area contributed by atoms with Gasteiger partial charge in [0, 0.05) is 27.8 Å². The van der Waals surface area contributed by atoms with E-state index in [0.29, 0.717) is 26.5 Å². The summed E-state index contributed by atoms with van der Waals surface area (Å²) >= 11 is 17.7. The molecule has 14 heteroatoms. The van der Waals surface area contributed by atoms with Gasteiger partial charge in [0.2, 0.25) is 0 Å². The van der Waals surface area contributed by atoms with Gasteiger partial charge in [0.05, 0.1) is 45.4 Å². The Kier molecular flexibility index (Phi) is 17.0. The van der Waals surface area contributed by atoms with Crippen molar-refractivity contribution in [2.75, 3.05) is 0 Å². The van der Waals surface area contributed by atoms with Gasteiger partial charge in [-0.05, 0) is 114 Å². The van der Waals surface area contributed by atoms with Crippen molar-refractivity contribution in [3.05, 3.63) is 159 Å². The first kappa shape index (κ1) is 45.9. The van der Waals surface area contributed by atoms with Crippen LogP contribution in [0, 0.1) is 11.6 Å². The maximum Gasteiger partial charge on any atom is 0.357 e. The summed E-state index contributed by atoms with van der Waals surface area (Å²) in [6.07, 6.45) is -0.609. The Balaban J connectivity index is 0.000000196. The molecule has 0 radical (unpaired) electrons. The molecule has 0 spiro atoms. The van der Waals surface area contributed by atoms with E-state index in [1.165, 1.54) is 12.1 Å². The minimum atomic E-state index is -0.730. The van der Waals surface area contributed by atoms with Gasteiger partial charge in [-0.25, -0.2) is 38.1 Å². The van der Waals surface area contributed by atoms with Crippen LogP contribution < -0.4 is 0 Å². The number of carbonyl (C=O) groups excluding carboxylic acids is 3. The highest BCUT2D eigenvalue weighted by Crippen LogP contribution is 2.28. The summed E-state index contributed by atoms with van der Waals surface area (Å²) < 4.78 is 41.8. The van der Waals surface area contributed by atoms with Crippen LogP contribution in [0.25, 0.3) is 33.8 Å². The Morgan fingerprint density at radius 3 is 1.36 bits per heavy atom. The summed E-state index contributed by atoms with van der Waals surface area (Å²) in [6.45, 7) is 10.6. The van der Waals surface area contributed by atoms with Gasteiger partial charge in [-0.1, -0.05) is 71.2 Å². The number of esters is 3. The second kappa shape index (κ2) is 21.9. The normalized spacial score (nSPS) is 10.6. The van der Waals surface area contributed by atoms with Gasteiger partial charge in [-0.2, -0.15) is 0 Å². The predicted octanol–water partition coefficient (Wildman–Crippen LogP) is 12.2. The molecular formula is C45H40Cl3F2N3O6. The smallest absolute Gasteiger partial charge is 0.357 e. The van der Waals surface area contributed by atoms with Gasteiger partial charge >= 0.3 is 17.9 Å². The number of aromatic nitrogens is 3. The molecule has 6 rings (SSSR count). The highest BCUT2D eigenvalue weighted by Gasteiger charge is 2.16. The third kappa shape index (κ3) is 14.2. The summed E-state index contributed by atoms with van der Waals surface area (Å²) in [7, 11) is 0. The van der Waals surface area contributed by atoms with E-state index in [1.807, 2.05) is 18.2 Å². The third-order valence-electron chi connectivity index (χ3n) is 7.47. The van der Waals surface area contributed by atoms with Gasteiger partial charge in [-0.3, -0.25) is 0 Å². The molecule has 0 N–H and O–H groups in total. The van der Waals surface area contributed by atoms with E-state index in [1.54, 1.807) is 114 Å². The summed E-state index contributed by atoms with van der Waals surface area (Å²) in [5.74, 6) is -2.83. The number of hydrogen-bond acceptors (Lipinski definition) is 9. The molecule has 9 nitrogen and oxygen atoms in total. The third-order valence-corrected chi connectivity index (χ3v) is 8.46. The lowest BCUT2D eigenvalue weighted by Gasteiger charge is -2.08. The van der Waals surface area contributed by atoms with Crippen molar-refractivity contribution >= 4 is 52.7 Å². The van der Waals surface area contributed by atoms with Crippen molar-refractivity contribution in [3.8, 4) is 33.8 Å². The van der Waals surface area contributed by atoms with Crippen molar-refractivity contribution in [2.45, 2.75) is 59.9 Å². The van der Waals surface area contributed by atoms with Gasteiger partial charge in [0.25, 0.3) is 0 Å². The van der Waals surface area contributed by atoms with Crippen molar-refractivity contribution in [3.63, 3.8) is 0 Å². The maximum absolute atomic E-state index is 13.7. The molecule has 0 saturated carbocycles. The molecule has 0 fully saturated rings. The van der Waals surface area contributed by atoms with E-state index in [9.17, 15) is 23.2 Å². The molecule has 0 bridgehead atoms. The molecule has 0 atom stereocenters.